The van der Waals surface area contributed by atoms with Crippen molar-refractivity contribution in [3.05, 3.63) is 36.4 Å². The summed E-state index contributed by atoms with van der Waals surface area (Å²) < 4.78 is 0. The minimum absolute atomic E-state index is 0.760. The van der Waals surface area contributed by atoms with Crippen LogP contribution in [0, 0.1) is 7.05 Å². The molecule has 3 rings (SSSR count). The van der Waals surface area contributed by atoms with Gasteiger partial charge in [0.05, 0.1) is 6.54 Å². The molecule has 0 amide bonds. The van der Waals surface area contributed by atoms with Crippen LogP contribution in [0.4, 0.5) is 5.69 Å². The first-order valence-electron chi connectivity index (χ1n) is 5.37. The monoisotopic (exact) mass is 188 g/mol. The van der Waals surface area contributed by atoms with Crippen molar-refractivity contribution in [2.24, 2.45) is 0 Å². The second-order valence-corrected chi connectivity index (χ2v) is 4.33. The Morgan fingerprint density at radius 1 is 1.36 bits per heavy atom. The van der Waals surface area contributed by atoms with E-state index in [0.717, 1.165) is 25.6 Å². The van der Waals surface area contributed by atoms with Crippen LogP contribution in [0.5, 0.6) is 0 Å². The average Bonchev–Trinajstić information content (AvgIpc) is 2.47. The van der Waals surface area contributed by atoms with E-state index in [-0.39, 0.29) is 0 Å². The molecular weight excluding hydrogens is 172 g/mol. The van der Waals surface area contributed by atoms with Crippen LogP contribution in [0.2, 0.25) is 0 Å². The van der Waals surface area contributed by atoms with Crippen LogP contribution in [0.15, 0.2) is 18.2 Å². The molecule has 0 spiro atoms. The van der Waals surface area contributed by atoms with Gasteiger partial charge in [0.25, 0.3) is 0 Å². The molecule has 2 N–H and O–H groups in total. The highest BCUT2D eigenvalue weighted by Crippen LogP contribution is 2.29. The molecule has 0 aliphatic carbocycles. The van der Waals surface area contributed by atoms with Gasteiger partial charge in [-0.05, 0) is 11.6 Å². The van der Waals surface area contributed by atoms with E-state index < -0.39 is 0 Å². The van der Waals surface area contributed by atoms with E-state index in [0.29, 0.717) is 0 Å². The first-order chi connectivity index (χ1) is 6.86. The maximum atomic E-state index is 4.12. The molecule has 0 aromatic heterocycles. The molecule has 14 heavy (non-hydrogen) atoms. The van der Waals surface area contributed by atoms with Crippen LogP contribution >= 0.6 is 0 Å². The third kappa shape index (κ3) is 1.11. The van der Waals surface area contributed by atoms with Crippen molar-refractivity contribution in [1.82, 2.24) is 5.32 Å². The van der Waals surface area contributed by atoms with Crippen molar-refractivity contribution in [3.8, 4) is 0 Å². The van der Waals surface area contributed by atoms with Gasteiger partial charge in [-0.25, -0.2) is 0 Å². The van der Waals surface area contributed by atoms with Gasteiger partial charge in [-0.2, -0.15) is 0 Å². The van der Waals surface area contributed by atoms with Gasteiger partial charge in [0.1, 0.15) is 5.69 Å². The summed E-state index contributed by atoms with van der Waals surface area (Å²) in [7, 11) is 4.12. The molecule has 0 radical (unpaired) electrons. The van der Waals surface area contributed by atoms with E-state index >= 15 is 0 Å². The average molecular weight is 188 g/mol. The zero-order valence-corrected chi connectivity index (χ0v) is 8.34. The number of quaternary nitrogens is 1. The molecule has 2 aliphatic rings. The van der Waals surface area contributed by atoms with Gasteiger partial charge in [0, 0.05) is 31.0 Å². The topological polar surface area (TPSA) is 16.5 Å². The normalized spacial score (nSPS) is 25.9. The number of benzene rings is 1. The van der Waals surface area contributed by atoms with Crippen LogP contribution in [-0.4, -0.2) is 19.6 Å². The zero-order valence-electron chi connectivity index (χ0n) is 8.34. The molecule has 1 saturated heterocycles. The summed E-state index contributed by atoms with van der Waals surface area (Å²) in [6.07, 6.45) is 1.21. The molecule has 2 aliphatic heterocycles. The molecular formula is C12H16N2. The van der Waals surface area contributed by atoms with Crippen molar-refractivity contribution in [2.45, 2.75) is 12.3 Å². The highest BCUT2D eigenvalue weighted by molar-refractivity contribution is 5.49. The van der Waals surface area contributed by atoms with E-state index in [1.54, 1.807) is 11.1 Å². The summed E-state index contributed by atoms with van der Waals surface area (Å²) in [6, 6.07) is 6.70. The largest absolute Gasteiger partial charge is 0.434 e. The van der Waals surface area contributed by atoms with Crippen molar-refractivity contribution >= 4 is 5.69 Å². The van der Waals surface area contributed by atoms with Crippen molar-refractivity contribution in [3.63, 3.8) is 0 Å². The van der Waals surface area contributed by atoms with Gasteiger partial charge in [-0.3, -0.25) is 0 Å². The maximum absolute atomic E-state index is 4.12. The highest BCUT2D eigenvalue weighted by Gasteiger charge is 2.27. The van der Waals surface area contributed by atoms with Crippen molar-refractivity contribution < 1.29 is 4.90 Å². The van der Waals surface area contributed by atoms with Crippen LogP contribution in [0.1, 0.15) is 17.0 Å². The second-order valence-electron chi connectivity index (χ2n) is 4.33. The van der Waals surface area contributed by atoms with Crippen molar-refractivity contribution in [1.29, 1.82) is 0 Å². The molecule has 2 heterocycles. The number of hydrogen-bond acceptors (Lipinski definition) is 1. The molecule has 1 aromatic carbocycles. The number of nitrogens with one attached hydrogen (secondary N) is 2. The van der Waals surface area contributed by atoms with E-state index in [1.807, 2.05) is 0 Å². The lowest BCUT2D eigenvalue weighted by Crippen LogP contribution is -3.00. The zero-order chi connectivity index (χ0) is 9.54. The van der Waals surface area contributed by atoms with E-state index in [4.69, 9.17) is 0 Å². The molecule has 2 heteroatoms. The number of hydrogen-bond donors (Lipinski definition) is 2. The lowest BCUT2D eigenvalue weighted by molar-refractivity contribution is -0.775. The highest BCUT2D eigenvalue weighted by atomic mass is 15.1. The fourth-order valence-electron chi connectivity index (χ4n) is 2.52. The maximum Gasteiger partial charge on any atom is 0.108 e. The standard InChI is InChI=1S/C12H16N2/c1-14-6-5-11-10(9-7-13-8-9)3-2-4-12(11)14/h2-4,9,13-14H,1,5-8H2. The first kappa shape index (κ1) is 8.45. The molecule has 1 atom stereocenters. The Balaban J connectivity index is 2.04. The van der Waals surface area contributed by atoms with Crippen molar-refractivity contribution in [2.75, 3.05) is 19.6 Å². The van der Waals surface area contributed by atoms with Gasteiger partial charge in [-0.15, -0.1) is 7.05 Å². The minimum Gasteiger partial charge on any atom is -0.434 e. The molecule has 74 valence electrons. The summed E-state index contributed by atoms with van der Waals surface area (Å²) in [6.45, 7) is 3.47. The third-order valence-electron chi connectivity index (χ3n) is 3.49. The van der Waals surface area contributed by atoms with Gasteiger partial charge in [0.2, 0.25) is 0 Å². The van der Waals surface area contributed by atoms with Crippen LogP contribution in [0.3, 0.4) is 0 Å². The Morgan fingerprint density at radius 3 is 2.93 bits per heavy atom. The number of rotatable bonds is 1. The lowest BCUT2D eigenvalue weighted by Gasteiger charge is -2.29. The van der Waals surface area contributed by atoms with Crippen LogP contribution in [0.25, 0.3) is 0 Å². The Bertz CT molecular complexity index is 355. The van der Waals surface area contributed by atoms with E-state index in [9.17, 15) is 0 Å². The van der Waals surface area contributed by atoms with E-state index in [2.05, 4.69) is 30.6 Å². The quantitative estimate of drug-likeness (QED) is 0.603. The predicted molar refractivity (Wildman–Crippen MR) is 56.6 cm³/mol. The summed E-state index contributed by atoms with van der Waals surface area (Å²) in [5.41, 5.74) is 4.57. The van der Waals surface area contributed by atoms with Gasteiger partial charge >= 0.3 is 0 Å². The fraction of sp³-hybridized carbons (Fsp3) is 0.417. The predicted octanol–water partition coefficient (Wildman–Crippen LogP) is 0.237. The molecule has 0 saturated carbocycles. The third-order valence-corrected chi connectivity index (χ3v) is 3.49. The first-order valence-corrected chi connectivity index (χ1v) is 5.37. The Labute approximate surface area is 84.9 Å². The molecule has 1 fully saturated rings. The van der Waals surface area contributed by atoms with E-state index in [1.165, 1.54) is 17.0 Å². The SMILES string of the molecule is [CH2-][NH+]1CCc2c(C3CNC3)cccc21. The Hall–Kier alpha value is -0.860. The molecule has 1 unspecified atom stereocenters. The fourth-order valence-corrected chi connectivity index (χ4v) is 2.52. The molecule has 1 aromatic rings. The smallest absolute Gasteiger partial charge is 0.108 e. The number of fused-ring (bicyclic) bond motifs is 1. The van der Waals surface area contributed by atoms with Gasteiger partial charge < -0.3 is 10.2 Å². The Kier molecular flexibility index (Phi) is 1.85. The van der Waals surface area contributed by atoms with Crippen LogP contribution < -0.4 is 10.2 Å². The second kappa shape index (κ2) is 3.07. The Morgan fingerprint density at radius 2 is 2.21 bits per heavy atom. The molecule has 0 bridgehead atoms. The van der Waals surface area contributed by atoms with Gasteiger partial charge in [-0.1, -0.05) is 12.1 Å². The minimum atomic E-state index is 0.760. The summed E-state index contributed by atoms with van der Waals surface area (Å²) >= 11 is 0. The van der Waals surface area contributed by atoms with Gasteiger partial charge in [0.15, 0.2) is 0 Å². The summed E-state index contributed by atoms with van der Waals surface area (Å²) in [4.78, 5) is 1.33. The summed E-state index contributed by atoms with van der Waals surface area (Å²) in [5.74, 6) is 0.760. The summed E-state index contributed by atoms with van der Waals surface area (Å²) in [5, 5.41) is 3.34. The van der Waals surface area contributed by atoms with Crippen LogP contribution in [-0.2, 0) is 6.42 Å². The lowest BCUT2D eigenvalue weighted by atomic mass is 9.89. The molecule has 2 nitrogen and oxygen atoms in total.